The summed E-state index contributed by atoms with van der Waals surface area (Å²) in [5.41, 5.74) is 3.40. The van der Waals surface area contributed by atoms with Crippen LogP contribution in [-0.4, -0.2) is 0 Å². The van der Waals surface area contributed by atoms with Gasteiger partial charge in [-0.15, -0.1) is 11.6 Å². The maximum absolute atomic E-state index is 6.48. The summed E-state index contributed by atoms with van der Waals surface area (Å²) in [6, 6.07) is 16.2. The van der Waals surface area contributed by atoms with Crippen LogP contribution in [0.5, 0.6) is 0 Å². The number of halogens is 2. The smallest absolute Gasteiger partial charge is 0.0849 e. The van der Waals surface area contributed by atoms with E-state index in [9.17, 15) is 0 Å². The Hall–Kier alpha value is -0.980. The molecule has 0 fully saturated rings. The summed E-state index contributed by atoms with van der Waals surface area (Å²) in [6.45, 7) is 2.18. The fourth-order valence-electron chi connectivity index (χ4n) is 2.00. The van der Waals surface area contributed by atoms with E-state index < -0.39 is 0 Å². The molecule has 0 saturated carbocycles. The van der Waals surface area contributed by atoms with E-state index in [-0.39, 0.29) is 5.38 Å². The summed E-state index contributed by atoms with van der Waals surface area (Å²) in [7, 11) is 0. The van der Waals surface area contributed by atoms with Crippen LogP contribution in [0.25, 0.3) is 0 Å². The Bertz CT molecular complexity index is 503. The van der Waals surface area contributed by atoms with Crippen LogP contribution in [0.1, 0.15) is 35.4 Å². The van der Waals surface area contributed by atoms with Crippen molar-refractivity contribution in [1.29, 1.82) is 0 Å². The zero-order valence-electron chi connectivity index (χ0n) is 10.4. The third-order valence-corrected chi connectivity index (χ3v) is 3.82. The first-order valence-corrected chi connectivity index (χ1v) is 7.01. The quantitative estimate of drug-likeness (QED) is 0.637. The zero-order valence-corrected chi connectivity index (χ0v) is 11.9. The van der Waals surface area contributed by atoms with Crippen molar-refractivity contribution in [2.45, 2.75) is 25.1 Å². The number of hydrogen-bond acceptors (Lipinski definition) is 0. The molecule has 0 aromatic heterocycles. The van der Waals surface area contributed by atoms with E-state index >= 15 is 0 Å². The van der Waals surface area contributed by atoms with Crippen molar-refractivity contribution < 1.29 is 0 Å². The van der Waals surface area contributed by atoms with E-state index in [1.165, 1.54) is 5.56 Å². The van der Waals surface area contributed by atoms with Crippen molar-refractivity contribution in [2.24, 2.45) is 0 Å². The van der Waals surface area contributed by atoms with Crippen LogP contribution in [0.3, 0.4) is 0 Å². The van der Waals surface area contributed by atoms with Gasteiger partial charge in [0.15, 0.2) is 0 Å². The van der Waals surface area contributed by atoms with Gasteiger partial charge >= 0.3 is 0 Å². The Kier molecular flexibility index (Phi) is 4.68. The van der Waals surface area contributed by atoms with Crippen molar-refractivity contribution in [2.75, 3.05) is 0 Å². The normalized spacial score (nSPS) is 12.4. The van der Waals surface area contributed by atoms with E-state index in [2.05, 4.69) is 31.2 Å². The Balaban J connectivity index is 2.23. The average Bonchev–Trinajstić information content (AvgIpc) is 2.40. The Labute approximate surface area is 119 Å². The van der Waals surface area contributed by atoms with Crippen molar-refractivity contribution >= 4 is 23.2 Å². The average molecular weight is 279 g/mol. The highest BCUT2D eigenvalue weighted by molar-refractivity contribution is 6.33. The molecule has 0 heterocycles. The van der Waals surface area contributed by atoms with E-state index in [0.29, 0.717) is 0 Å². The third-order valence-electron chi connectivity index (χ3n) is 2.99. The standard InChI is InChI=1S/C16H16Cl2/c1-2-5-12-8-10-13(11-9-12)16(18)14-6-3-4-7-15(14)17/h3-4,6-11,16H,2,5H2,1H3. The molecule has 18 heavy (non-hydrogen) atoms. The highest BCUT2D eigenvalue weighted by Gasteiger charge is 2.13. The first kappa shape index (κ1) is 13.5. The minimum absolute atomic E-state index is 0.186. The summed E-state index contributed by atoms with van der Waals surface area (Å²) >= 11 is 12.6. The van der Waals surface area contributed by atoms with Gasteiger partial charge in [-0.3, -0.25) is 0 Å². The van der Waals surface area contributed by atoms with Gasteiger partial charge in [0.05, 0.1) is 5.38 Å². The molecule has 2 aromatic rings. The van der Waals surface area contributed by atoms with Crippen LogP contribution in [0.15, 0.2) is 48.5 Å². The maximum Gasteiger partial charge on any atom is 0.0849 e. The van der Waals surface area contributed by atoms with Crippen LogP contribution < -0.4 is 0 Å². The van der Waals surface area contributed by atoms with Crippen molar-refractivity contribution in [3.8, 4) is 0 Å². The fraction of sp³-hybridized carbons (Fsp3) is 0.250. The lowest BCUT2D eigenvalue weighted by molar-refractivity contribution is 0.920. The van der Waals surface area contributed by atoms with Crippen molar-refractivity contribution in [3.63, 3.8) is 0 Å². The minimum Gasteiger partial charge on any atom is -0.113 e. The topological polar surface area (TPSA) is 0 Å². The van der Waals surface area contributed by atoms with Gasteiger partial charge in [-0.05, 0) is 29.2 Å². The van der Waals surface area contributed by atoms with Crippen molar-refractivity contribution in [1.82, 2.24) is 0 Å². The lowest BCUT2D eigenvalue weighted by atomic mass is 10.0. The maximum atomic E-state index is 6.48. The minimum atomic E-state index is -0.186. The van der Waals surface area contributed by atoms with Gasteiger partial charge in [0, 0.05) is 5.02 Å². The number of aryl methyl sites for hydroxylation is 1. The molecule has 0 aliphatic rings. The highest BCUT2D eigenvalue weighted by atomic mass is 35.5. The van der Waals surface area contributed by atoms with Crippen LogP contribution >= 0.6 is 23.2 Å². The Morgan fingerprint density at radius 2 is 1.67 bits per heavy atom. The highest BCUT2D eigenvalue weighted by Crippen LogP contribution is 2.33. The molecule has 0 aliphatic carbocycles. The molecule has 0 saturated heterocycles. The second-order valence-electron chi connectivity index (χ2n) is 4.38. The van der Waals surface area contributed by atoms with Crippen LogP contribution in [0.2, 0.25) is 5.02 Å². The molecule has 0 aliphatic heterocycles. The predicted octanol–water partition coefficient (Wildman–Crippen LogP) is 5.62. The molecule has 2 rings (SSSR count). The molecule has 0 radical (unpaired) electrons. The Morgan fingerprint density at radius 3 is 2.28 bits per heavy atom. The van der Waals surface area contributed by atoms with Gasteiger partial charge in [0.25, 0.3) is 0 Å². The molecule has 94 valence electrons. The van der Waals surface area contributed by atoms with E-state index in [4.69, 9.17) is 23.2 Å². The van der Waals surface area contributed by atoms with Gasteiger partial charge in [0.2, 0.25) is 0 Å². The number of benzene rings is 2. The second kappa shape index (κ2) is 6.26. The molecule has 1 unspecified atom stereocenters. The van der Waals surface area contributed by atoms with E-state index in [0.717, 1.165) is 29.0 Å². The second-order valence-corrected chi connectivity index (χ2v) is 5.22. The molecule has 0 bridgehead atoms. The SMILES string of the molecule is CCCc1ccc(C(Cl)c2ccccc2Cl)cc1. The van der Waals surface area contributed by atoms with Crippen LogP contribution in [0, 0.1) is 0 Å². The largest absolute Gasteiger partial charge is 0.113 e. The Morgan fingerprint density at radius 1 is 1.00 bits per heavy atom. The third kappa shape index (κ3) is 3.07. The molecule has 2 heteroatoms. The summed E-state index contributed by atoms with van der Waals surface area (Å²) in [5.74, 6) is 0. The molecule has 0 N–H and O–H groups in total. The first-order chi connectivity index (χ1) is 8.72. The lowest BCUT2D eigenvalue weighted by Gasteiger charge is -2.12. The summed E-state index contributed by atoms with van der Waals surface area (Å²) in [6.07, 6.45) is 2.27. The van der Waals surface area contributed by atoms with E-state index in [1.54, 1.807) is 0 Å². The van der Waals surface area contributed by atoms with Crippen LogP contribution in [0.4, 0.5) is 0 Å². The summed E-state index contributed by atoms with van der Waals surface area (Å²) in [4.78, 5) is 0. The van der Waals surface area contributed by atoms with Gasteiger partial charge < -0.3 is 0 Å². The van der Waals surface area contributed by atoms with Crippen molar-refractivity contribution in [3.05, 3.63) is 70.2 Å². The molecule has 1 atom stereocenters. The van der Waals surface area contributed by atoms with Gasteiger partial charge in [0.1, 0.15) is 0 Å². The molecule has 0 nitrogen and oxygen atoms in total. The van der Waals surface area contributed by atoms with E-state index in [1.807, 2.05) is 24.3 Å². The fourth-order valence-corrected chi connectivity index (χ4v) is 2.64. The lowest BCUT2D eigenvalue weighted by Crippen LogP contribution is -1.94. The zero-order chi connectivity index (χ0) is 13.0. The molecular weight excluding hydrogens is 263 g/mol. The number of rotatable bonds is 4. The predicted molar refractivity (Wildman–Crippen MR) is 79.6 cm³/mol. The first-order valence-electron chi connectivity index (χ1n) is 6.19. The summed E-state index contributed by atoms with van der Waals surface area (Å²) < 4.78 is 0. The van der Waals surface area contributed by atoms with Gasteiger partial charge in [-0.2, -0.15) is 0 Å². The van der Waals surface area contributed by atoms with Gasteiger partial charge in [-0.1, -0.05) is 67.4 Å². The summed E-state index contributed by atoms with van der Waals surface area (Å²) in [5, 5.41) is 0.532. The van der Waals surface area contributed by atoms with Gasteiger partial charge in [-0.25, -0.2) is 0 Å². The molecule has 2 aromatic carbocycles. The number of hydrogen-bond donors (Lipinski definition) is 0. The molecule has 0 spiro atoms. The van der Waals surface area contributed by atoms with Crippen LogP contribution in [-0.2, 0) is 6.42 Å². The monoisotopic (exact) mass is 278 g/mol. The number of alkyl halides is 1. The molecular formula is C16H16Cl2. The molecule has 0 amide bonds.